The third-order valence-electron chi connectivity index (χ3n) is 4.15. The van der Waals surface area contributed by atoms with E-state index in [1.807, 2.05) is 0 Å². The van der Waals surface area contributed by atoms with Crippen molar-refractivity contribution in [1.29, 1.82) is 0 Å². The average Bonchev–Trinajstić information content (AvgIpc) is 2.79. The van der Waals surface area contributed by atoms with E-state index in [1.165, 1.54) is 0 Å². The monoisotopic (exact) mass is 283 g/mol. The predicted octanol–water partition coefficient (Wildman–Crippen LogP) is 0.352. The number of aliphatic carboxylic acids is 1. The van der Waals surface area contributed by atoms with Crippen molar-refractivity contribution in [2.75, 3.05) is 6.54 Å². The number of hydrogen-bond donors (Lipinski definition) is 4. The fourth-order valence-corrected chi connectivity index (χ4v) is 2.71. The lowest BCUT2D eigenvalue weighted by Crippen LogP contribution is -2.59. The highest BCUT2D eigenvalue weighted by Gasteiger charge is 2.44. The number of rotatable bonds is 5. The second-order valence-corrected chi connectivity index (χ2v) is 5.60. The molecule has 2 saturated carbocycles. The normalized spacial score (nSPS) is 21.0. The van der Waals surface area contributed by atoms with Crippen LogP contribution in [0.3, 0.4) is 0 Å². The summed E-state index contributed by atoms with van der Waals surface area (Å²) in [5, 5.41) is 16.8. The quantitative estimate of drug-likeness (QED) is 0.582. The van der Waals surface area contributed by atoms with E-state index in [2.05, 4.69) is 16.0 Å². The Morgan fingerprint density at radius 2 is 1.75 bits per heavy atom. The van der Waals surface area contributed by atoms with Crippen molar-refractivity contribution in [3.63, 3.8) is 0 Å². The molecular weight excluding hydrogens is 262 g/mol. The van der Waals surface area contributed by atoms with Gasteiger partial charge in [0, 0.05) is 6.04 Å². The molecule has 0 spiro atoms. The van der Waals surface area contributed by atoms with Crippen LogP contribution < -0.4 is 16.0 Å². The third kappa shape index (κ3) is 3.47. The van der Waals surface area contributed by atoms with Gasteiger partial charge in [-0.25, -0.2) is 4.79 Å². The number of carbonyl (C=O) groups is 3. The number of imide groups is 1. The van der Waals surface area contributed by atoms with Crippen LogP contribution in [0.1, 0.15) is 44.9 Å². The molecule has 3 amide bonds. The SMILES string of the molecule is O=C(CNC1(C(=O)O)CCC1)NC(=O)NC1CCCC1. The van der Waals surface area contributed by atoms with Crippen LogP contribution in [0.5, 0.6) is 0 Å². The van der Waals surface area contributed by atoms with E-state index in [0.29, 0.717) is 12.8 Å². The van der Waals surface area contributed by atoms with Gasteiger partial charge in [0.15, 0.2) is 0 Å². The maximum absolute atomic E-state index is 11.6. The first-order valence-electron chi connectivity index (χ1n) is 7.11. The van der Waals surface area contributed by atoms with E-state index in [-0.39, 0.29) is 12.6 Å². The molecule has 7 nitrogen and oxygen atoms in total. The first-order valence-corrected chi connectivity index (χ1v) is 7.11. The summed E-state index contributed by atoms with van der Waals surface area (Å²) in [5.41, 5.74) is -0.987. The zero-order valence-corrected chi connectivity index (χ0v) is 11.4. The van der Waals surface area contributed by atoms with Crippen LogP contribution in [-0.4, -0.2) is 41.1 Å². The summed E-state index contributed by atoms with van der Waals surface area (Å²) in [6, 6.07) is -0.352. The second-order valence-electron chi connectivity index (χ2n) is 5.60. The summed E-state index contributed by atoms with van der Waals surface area (Å²) in [6.45, 7) is -0.162. The maximum atomic E-state index is 11.6. The van der Waals surface area contributed by atoms with Crippen molar-refractivity contribution in [2.45, 2.75) is 56.5 Å². The number of urea groups is 1. The first kappa shape index (κ1) is 14.8. The standard InChI is InChI=1S/C13H21N3O4/c17-10(8-14-13(11(18)19)6-3-7-13)16-12(20)15-9-4-1-2-5-9/h9,14H,1-8H2,(H,18,19)(H2,15,16,17,20). The molecule has 2 aliphatic carbocycles. The molecule has 7 heteroatoms. The Morgan fingerprint density at radius 3 is 2.25 bits per heavy atom. The molecule has 2 rings (SSSR count). The van der Waals surface area contributed by atoms with E-state index < -0.39 is 23.4 Å². The molecule has 0 atom stereocenters. The molecule has 0 heterocycles. The molecule has 0 unspecified atom stereocenters. The highest BCUT2D eigenvalue weighted by atomic mass is 16.4. The van der Waals surface area contributed by atoms with Crippen LogP contribution in [0.25, 0.3) is 0 Å². The lowest BCUT2D eigenvalue weighted by atomic mass is 9.77. The summed E-state index contributed by atoms with van der Waals surface area (Å²) in [4.78, 5) is 34.3. The van der Waals surface area contributed by atoms with Gasteiger partial charge < -0.3 is 10.4 Å². The largest absolute Gasteiger partial charge is 0.480 e. The van der Waals surface area contributed by atoms with Crippen LogP contribution in [0.15, 0.2) is 0 Å². The van der Waals surface area contributed by atoms with E-state index in [0.717, 1.165) is 32.1 Å². The third-order valence-corrected chi connectivity index (χ3v) is 4.15. The minimum absolute atomic E-state index is 0.146. The van der Waals surface area contributed by atoms with Crippen LogP contribution in [0.2, 0.25) is 0 Å². The Morgan fingerprint density at radius 1 is 1.10 bits per heavy atom. The molecule has 0 aromatic rings. The Bertz CT molecular complexity index is 400. The molecule has 0 saturated heterocycles. The van der Waals surface area contributed by atoms with Crippen molar-refractivity contribution < 1.29 is 19.5 Å². The van der Waals surface area contributed by atoms with Gasteiger partial charge in [-0.3, -0.25) is 20.2 Å². The van der Waals surface area contributed by atoms with Crippen molar-refractivity contribution in [2.24, 2.45) is 0 Å². The summed E-state index contributed by atoms with van der Waals surface area (Å²) in [6.07, 6.45) is 5.96. The van der Waals surface area contributed by atoms with Gasteiger partial charge in [0.05, 0.1) is 6.54 Å². The number of amides is 3. The lowest BCUT2D eigenvalue weighted by Gasteiger charge is -2.38. The summed E-state index contributed by atoms with van der Waals surface area (Å²) < 4.78 is 0. The summed E-state index contributed by atoms with van der Waals surface area (Å²) in [5.74, 6) is -1.44. The van der Waals surface area contributed by atoms with Gasteiger partial charge in [-0.1, -0.05) is 12.8 Å². The molecule has 112 valence electrons. The Hall–Kier alpha value is -1.63. The lowest BCUT2D eigenvalue weighted by molar-refractivity contribution is -0.148. The fourth-order valence-electron chi connectivity index (χ4n) is 2.71. The number of hydrogen-bond acceptors (Lipinski definition) is 4. The van der Waals surface area contributed by atoms with Gasteiger partial charge in [-0.2, -0.15) is 0 Å². The second kappa shape index (κ2) is 6.21. The minimum atomic E-state index is -0.987. The van der Waals surface area contributed by atoms with Gasteiger partial charge in [-0.15, -0.1) is 0 Å². The highest BCUT2D eigenvalue weighted by molar-refractivity contribution is 5.95. The number of carbonyl (C=O) groups excluding carboxylic acids is 2. The van der Waals surface area contributed by atoms with Crippen molar-refractivity contribution in [1.82, 2.24) is 16.0 Å². The van der Waals surface area contributed by atoms with Crippen LogP contribution >= 0.6 is 0 Å². The van der Waals surface area contributed by atoms with Gasteiger partial charge in [0.1, 0.15) is 5.54 Å². The van der Waals surface area contributed by atoms with Crippen molar-refractivity contribution in [3.8, 4) is 0 Å². The zero-order chi connectivity index (χ0) is 14.6. The molecule has 0 aromatic carbocycles. The Kier molecular flexibility index (Phi) is 4.59. The number of carboxylic acids is 1. The highest BCUT2D eigenvalue weighted by Crippen LogP contribution is 2.31. The molecule has 0 aliphatic heterocycles. The molecule has 4 N–H and O–H groups in total. The van der Waals surface area contributed by atoms with Crippen LogP contribution in [0.4, 0.5) is 4.79 Å². The van der Waals surface area contributed by atoms with Gasteiger partial charge in [0.2, 0.25) is 5.91 Å². The molecule has 2 fully saturated rings. The molecular formula is C13H21N3O4. The molecule has 2 aliphatic rings. The molecule has 20 heavy (non-hydrogen) atoms. The Balaban J connectivity index is 1.69. The summed E-state index contributed by atoms with van der Waals surface area (Å²) >= 11 is 0. The van der Waals surface area contributed by atoms with Gasteiger partial charge in [-0.05, 0) is 32.1 Å². The van der Waals surface area contributed by atoms with E-state index >= 15 is 0 Å². The van der Waals surface area contributed by atoms with E-state index in [9.17, 15) is 14.4 Å². The topological polar surface area (TPSA) is 108 Å². The Labute approximate surface area is 117 Å². The van der Waals surface area contributed by atoms with Crippen molar-refractivity contribution >= 4 is 17.9 Å². The smallest absolute Gasteiger partial charge is 0.323 e. The zero-order valence-electron chi connectivity index (χ0n) is 11.4. The van der Waals surface area contributed by atoms with Gasteiger partial charge in [0.25, 0.3) is 0 Å². The van der Waals surface area contributed by atoms with Crippen molar-refractivity contribution in [3.05, 3.63) is 0 Å². The first-order chi connectivity index (χ1) is 9.52. The molecule has 0 bridgehead atoms. The maximum Gasteiger partial charge on any atom is 0.323 e. The van der Waals surface area contributed by atoms with Crippen LogP contribution in [-0.2, 0) is 9.59 Å². The van der Waals surface area contributed by atoms with E-state index in [1.54, 1.807) is 0 Å². The summed E-state index contributed by atoms with van der Waals surface area (Å²) in [7, 11) is 0. The molecule has 0 radical (unpaired) electrons. The fraction of sp³-hybridized carbons (Fsp3) is 0.769. The van der Waals surface area contributed by atoms with Crippen LogP contribution in [0, 0.1) is 0 Å². The van der Waals surface area contributed by atoms with E-state index in [4.69, 9.17) is 5.11 Å². The number of carboxylic acid groups (broad SMARTS) is 1. The van der Waals surface area contributed by atoms with Gasteiger partial charge >= 0.3 is 12.0 Å². The number of nitrogens with one attached hydrogen (secondary N) is 3. The minimum Gasteiger partial charge on any atom is -0.480 e. The average molecular weight is 283 g/mol. The predicted molar refractivity (Wildman–Crippen MR) is 71.2 cm³/mol. The molecule has 0 aromatic heterocycles.